The number of rotatable bonds is 4. The molecule has 100 valence electrons. The Balaban J connectivity index is 2.34. The minimum atomic E-state index is 0.541. The Bertz CT molecular complexity index is 230. The topological polar surface area (TPSA) is 62.4 Å². The molecule has 4 N–H and O–H groups in total. The average molecular weight is 240 g/mol. The van der Waals surface area contributed by atoms with Gasteiger partial charge < -0.3 is 5.32 Å². The van der Waals surface area contributed by atoms with Crippen molar-refractivity contribution in [3.8, 4) is 0 Å². The predicted octanol–water partition coefficient (Wildman–Crippen LogP) is 2.02. The summed E-state index contributed by atoms with van der Waals surface area (Å²) >= 11 is 0. The van der Waals surface area contributed by atoms with E-state index < -0.39 is 0 Å². The summed E-state index contributed by atoms with van der Waals surface area (Å²) in [5, 5.41) is 3.42. The highest BCUT2D eigenvalue weighted by molar-refractivity contribution is 5.79. The standard InChI is InChI=1S/C13H28N4/c1-4-11-5-7-12(8-6-11)16-13(17-14)15-9-10(2)3/h10-12H,4-9,14H2,1-3H3,(H2,15,16,17). The van der Waals surface area contributed by atoms with Crippen LogP contribution >= 0.6 is 0 Å². The van der Waals surface area contributed by atoms with Crippen molar-refractivity contribution in [2.45, 2.75) is 58.9 Å². The zero-order valence-electron chi connectivity index (χ0n) is 11.5. The Morgan fingerprint density at radius 1 is 1.29 bits per heavy atom. The Labute approximate surface area is 105 Å². The summed E-state index contributed by atoms with van der Waals surface area (Å²) in [7, 11) is 0. The summed E-state index contributed by atoms with van der Waals surface area (Å²) in [5.74, 6) is 7.73. The van der Waals surface area contributed by atoms with Crippen LogP contribution in [0.4, 0.5) is 0 Å². The monoisotopic (exact) mass is 240 g/mol. The van der Waals surface area contributed by atoms with Gasteiger partial charge in [0.2, 0.25) is 5.96 Å². The molecule has 0 radical (unpaired) electrons. The van der Waals surface area contributed by atoms with E-state index in [9.17, 15) is 0 Å². The van der Waals surface area contributed by atoms with E-state index in [0.717, 1.165) is 18.4 Å². The summed E-state index contributed by atoms with van der Waals surface area (Å²) in [6.07, 6.45) is 6.45. The number of nitrogens with zero attached hydrogens (tertiary/aromatic N) is 1. The summed E-state index contributed by atoms with van der Waals surface area (Å²) in [5.41, 5.74) is 2.67. The van der Waals surface area contributed by atoms with Crippen molar-refractivity contribution in [2.75, 3.05) is 6.54 Å². The first kappa shape index (κ1) is 14.3. The second-order valence-corrected chi connectivity index (χ2v) is 5.50. The van der Waals surface area contributed by atoms with E-state index in [1.54, 1.807) is 0 Å². The first-order valence-electron chi connectivity index (χ1n) is 6.93. The molecule has 0 spiro atoms. The summed E-state index contributed by atoms with van der Waals surface area (Å²) < 4.78 is 0. The van der Waals surface area contributed by atoms with Gasteiger partial charge in [-0.25, -0.2) is 5.84 Å². The van der Waals surface area contributed by atoms with E-state index in [1.807, 2.05) is 0 Å². The van der Waals surface area contributed by atoms with Crippen molar-refractivity contribution in [3.63, 3.8) is 0 Å². The molecule has 17 heavy (non-hydrogen) atoms. The molecule has 1 rings (SSSR count). The number of nitrogens with one attached hydrogen (secondary N) is 2. The second-order valence-electron chi connectivity index (χ2n) is 5.50. The van der Waals surface area contributed by atoms with Gasteiger partial charge in [0, 0.05) is 12.6 Å². The van der Waals surface area contributed by atoms with Crippen molar-refractivity contribution in [2.24, 2.45) is 22.7 Å². The highest BCUT2D eigenvalue weighted by atomic mass is 15.3. The molecule has 0 atom stereocenters. The third-order valence-electron chi connectivity index (χ3n) is 3.52. The first-order chi connectivity index (χ1) is 8.15. The lowest BCUT2D eigenvalue weighted by atomic mass is 9.85. The van der Waals surface area contributed by atoms with Crippen molar-refractivity contribution < 1.29 is 0 Å². The van der Waals surface area contributed by atoms with Gasteiger partial charge in [-0.2, -0.15) is 0 Å². The molecule has 0 saturated heterocycles. The molecular formula is C13H28N4. The molecule has 1 aliphatic carbocycles. The predicted molar refractivity (Wildman–Crippen MR) is 73.6 cm³/mol. The van der Waals surface area contributed by atoms with Crippen LogP contribution in [0.25, 0.3) is 0 Å². The largest absolute Gasteiger partial charge is 0.353 e. The molecule has 0 unspecified atom stereocenters. The fourth-order valence-electron chi connectivity index (χ4n) is 2.32. The van der Waals surface area contributed by atoms with Crippen LogP contribution in [0.3, 0.4) is 0 Å². The van der Waals surface area contributed by atoms with Gasteiger partial charge in [0.15, 0.2) is 0 Å². The van der Waals surface area contributed by atoms with Crippen LogP contribution in [0.1, 0.15) is 52.9 Å². The fourth-order valence-corrected chi connectivity index (χ4v) is 2.32. The molecule has 1 aliphatic rings. The number of hydrogen-bond acceptors (Lipinski definition) is 2. The van der Waals surface area contributed by atoms with Crippen molar-refractivity contribution >= 4 is 5.96 Å². The van der Waals surface area contributed by atoms with E-state index in [1.165, 1.54) is 32.1 Å². The van der Waals surface area contributed by atoms with E-state index in [-0.39, 0.29) is 0 Å². The molecule has 0 heterocycles. The third kappa shape index (κ3) is 5.39. The number of hydrogen-bond donors (Lipinski definition) is 3. The summed E-state index contributed by atoms with van der Waals surface area (Å²) in [6, 6.07) is 0.541. The van der Waals surface area contributed by atoms with Gasteiger partial charge in [0.25, 0.3) is 0 Å². The van der Waals surface area contributed by atoms with Gasteiger partial charge in [0.1, 0.15) is 0 Å². The maximum absolute atomic E-state index is 5.49. The second kappa shape index (κ2) is 7.54. The SMILES string of the molecule is CCC1CCC(NC(=NCC(C)C)NN)CC1. The van der Waals surface area contributed by atoms with Crippen LogP contribution < -0.4 is 16.6 Å². The van der Waals surface area contributed by atoms with E-state index in [4.69, 9.17) is 5.84 Å². The molecule has 0 aromatic carbocycles. The zero-order chi connectivity index (χ0) is 12.7. The Morgan fingerprint density at radius 2 is 1.94 bits per heavy atom. The minimum absolute atomic E-state index is 0.541. The molecule has 1 saturated carbocycles. The Morgan fingerprint density at radius 3 is 2.41 bits per heavy atom. The molecule has 0 aromatic heterocycles. The van der Waals surface area contributed by atoms with Crippen LogP contribution in [-0.2, 0) is 0 Å². The highest BCUT2D eigenvalue weighted by Crippen LogP contribution is 2.26. The summed E-state index contributed by atoms with van der Waals surface area (Å²) in [4.78, 5) is 4.44. The van der Waals surface area contributed by atoms with E-state index in [0.29, 0.717) is 12.0 Å². The molecule has 4 nitrogen and oxygen atoms in total. The number of hydrazine groups is 1. The fraction of sp³-hybridized carbons (Fsp3) is 0.923. The van der Waals surface area contributed by atoms with Crippen molar-refractivity contribution in [1.82, 2.24) is 10.7 Å². The lowest BCUT2D eigenvalue weighted by Crippen LogP contribution is -2.47. The van der Waals surface area contributed by atoms with Crippen molar-refractivity contribution in [3.05, 3.63) is 0 Å². The van der Waals surface area contributed by atoms with Crippen LogP contribution in [0.2, 0.25) is 0 Å². The minimum Gasteiger partial charge on any atom is -0.353 e. The third-order valence-corrected chi connectivity index (χ3v) is 3.52. The molecule has 0 aliphatic heterocycles. The van der Waals surface area contributed by atoms with Gasteiger partial charge in [-0.05, 0) is 37.5 Å². The molecule has 4 heteroatoms. The Hall–Kier alpha value is -0.770. The average Bonchev–Trinajstić information content (AvgIpc) is 2.35. The van der Waals surface area contributed by atoms with Gasteiger partial charge in [0.05, 0.1) is 0 Å². The van der Waals surface area contributed by atoms with E-state index >= 15 is 0 Å². The van der Waals surface area contributed by atoms with Crippen LogP contribution in [-0.4, -0.2) is 18.5 Å². The zero-order valence-corrected chi connectivity index (χ0v) is 11.5. The van der Waals surface area contributed by atoms with Gasteiger partial charge in [-0.3, -0.25) is 10.4 Å². The van der Waals surface area contributed by atoms with Gasteiger partial charge >= 0.3 is 0 Å². The molecule has 0 bridgehead atoms. The van der Waals surface area contributed by atoms with Gasteiger partial charge in [-0.15, -0.1) is 0 Å². The first-order valence-corrected chi connectivity index (χ1v) is 6.93. The molecule has 0 amide bonds. The number of nitrogens with two attached hydrogens (primary N) is 1. The van der Waals surface area contributed by atoms with Gasteiger partial charge in [-0.1, -0.05) is 27.2 Å². The van der Waals surface area contributed by atoms with E-state index in [2.05, 4.69) is 36.5 Å². The maximum Gasteiger partial charge on any atom is 0.205 e. The normalized spacial score (nSPS) is 26.1. The number of aliphatic imine (C=N–C) groups is 1. The van der Waals surface area contributed by atoms with Crippen LogP contribution in [0, 0.1) is 11.8 Å². The quantitative estimate of drug-likeness (QED) is 0.305. The van der Waals surface area contributed by atoms with Crippen LogP contribution in [0.15, 0.2) is 4.99 Å². The van der Waals surface area contributed by atoms with Crippen molar-refractivity contribution in [1.29, 1.82) is 0 Å². The Kier molecular flexibility index (Phi) is 6.34. The lowest BCUT2D eigenvalue weighted by molar-refractivity contribution is 0.304. The molecule has 1 fully saturated rings. The maximum atomic E-state index is 5.49. The van der Waals surface area contributed by atoms with Crippen LogP contribution in [0.5, 0.6) is 0 Å². The molecular weight excluding hydrogens is 212 g/mol. The smallest absolute Gasteiger partial charge is 0.205 e. The lowest BCUT2D eigenvalue weighted by Gasteiger charge is -2.29. The molecule has 0 aromatic rings. The summed E-state index contributed by atoms with van der Waals surface area (Å²) in [6.45, 7) is 7.42. The number of guanidine groups is 1. The highest BCUT2D eigenvalue weighted by Gasteiger charge is 2.20.